The summed E-state index contributed by atoms with van der Waals surface area (Å²) in [5.74, 6) is -0.326. The Bertz CT molecular complexity index is 721. The number of rotatable bonds is 4. The maximum atomic E-state index is 12.7. The number of halogens is 3. The van der Waals surface area contributed by atoms with E-state index in [0.717, 1.165) is 25.2 Å². The van der Waals surface area contributed by atoms with Crippen molar-refractivity contribution in [1.82, 2.24) is 15.2 Å². The van der Waals surface area contributed by atoms with Crippen LogP contribution in [0.1, 0.15) is 16.1 Å². The number of H-pyrrole nitrogens is 1. The molecule has 1 aromatic carbocycles. The number of hydrogen-bond donors (Lipinski definition) is 2. The minimum absolute atomic E-state index is 0.256. The molecule has 130 valence electrons. The molecule has 0 saturated carbocycles. The fourth-order valence-corrected chi connectivity index (χ4v) is 2.67. The van der Waals surface area contributed by atoms with Crippen molar-refractivity contribution < 1.29 is 22.7 Å². The van der Waals surface area contributed by atoms with Crippen molar-refractivity contribution in [3.63, 3.8) is 0 Å². The Hall–Kier alpha value is -2.06. The van der Waals surface area contributed by atoms with Crippen LogP contribution in [0.2, 0.25) is 0 Å². The number of benzene rings is 1. The molecular weight excluding hydrogens is 323 g/mol. The SMILES string of the molecule is O=C(NCCN1CCOCC1)c1cc2ccc(C(F)(F)F)cc2[nH]1. The quantitative estimate of drug-likeness (QED) is 0.897. The normalized spacial score (nSPS) is 16.5. The number of alkyl halides is 3. The molecule has 1 fully saturated rings. The van der Waals surface area contributed by atoms with Gasteiger partial charge in [0.15, 0.2) is 0 Å². The van der Waals surface area contributed by atoms with E-state index in [1.165, 1.54) is 6.07 Å². The molecule has 2 heterocycles. The maximum Gasteiger partial charge on any atom is 0.416 e. The molecule has 5 nitrogen and oxygen atoms in total. The lowest BCUT2D eigenvalue weighted by atomic mass is 10.1. The molecule has 1 aliphatic rings. The molecule has 2 N–H and O–H groups in total. The molecule has 0 aliphatic carbocycles. The largest absolute Gasteiger partial charge is 0.416 e. The van der Waals surface area contributed by atoms with Gasteiger partial charge in [0.25, 0.3) is 5.91 Å². The summed E-state index contributed by atoms with van der Waals surface area (Å²) < 4.78 is 43.4. The van der Waals surface area contributed by atoms with Crippen LogP contribution in [0.25, 0.3) is 10.9 Å². The second kappa shape index (κ2) is 6.82. The zero-order chi connectivity index (χ0) is 17.2. The molecule has 1 aliphatic heterocycles. The van der Waals surface area contributed by atoms with Gasteiger partial charge in [0.05, 0.1) is 18.8 Å². The Morgan fingerprint density at radius 1 is 1.25 bits per heavy atom. The molecule has 2 aromatic rings. The van der Waals surface area contributed by atoms with Crippen molar-refractivity contribution >= 4 is 16.8 Å². The smallest absolute Gasteiger partial charge is 0.379 e. The molecule has 0 bridgehead atoms. The molecule has 8 heteroatoms. The molecule has 0 spiro atoms. The number of morpholine rings is 1. The summed E-state index contributed by atoms with van der Waals surface area (Å²) >= 11 is 0. The first-order valence-electron chi connectivity index (χ1n) is 7.72. The summed E-state index contributed by atoms with van der Waals surface area (Å²) in [5.41, 5.74) is -0.189. The number of nitrogens with one attached hydrogen (secondary N) is 2. The van der Waals surface area contributed by atoms with Gasteiger partial charge in [-0.25, -0.2) is 0 Å². The summed E-state index contributed by atoms with van der Waals surface area (Å²) in [5, 5.41) is 3.35. The number of ether oxygens (including phenoxy) is 1. The first-order valence-corrected chi connectivity index (χ1v) is 7.72. The number of hydrogen-bond acceptors (Lipinski definition) is 3. The second-order valence-corrected chi connectivity index (χ2v) is 5.69. The first kappa shape index (κ1) is 16.8. The van der Waals surface area contributed by atoms with E-state index in [9.17, 15) is 18.0 Å². The van der Waals surface area contributed by atoms with Crippen LogP contribution in [0.5, 0.6) is 0 Å². The van der Waals surface area contributed by atoms with E-state index in [2.05, 4.69) is 15.2 Å². The predicted molar refractivity (Wildman–Crippen MR) is 82.9 cm³/mol. The van der Waals surface area contributed by atoms with Crippen LogP contribution in [0, 0.1) is 0 Å². The Labute approximate surface area is 136 Å². The average molecular weight is 341 g/mol. The number of carbonyl (C=O) groups is 1. The van der Waals surface area contributed by atoms with Gasteiger partial charge in [-0.05, 0) is 18.2 Å². The van der Waals surface area contributed by atoms with E-state index in [4.69, 9.17) is 4.74 Å². The van der Waals surface area contributed by atoms with Crippen molar-refractivity contribution in [1.29, 1.82) is 0 Å². The van der Waals surface area contributed by atoms with Crippen LogP contribution < -0.4 is 5.32 Å². The van der Waals surface area contributed by atoms with Gasteiger partial charge in [-0.1, -0.05) is 6.07 Å². The summed E-state index contributed by atoms with van der Waals surface area (Å²) in [6.07, 6.45) is -4.40. The molecule has 1 amide bonds. The van der Waals surface area contributed by atoms with Gasteiger partial charge in [-0.3, -0.25) is 9.69 Å². The van der Waals surface area contributed by atoms with Crippen molar-refractivity contribution in [3.05, 3.63) is 35.5 Å². The molecule has 3 rings (SSSR count). The van der Waals surface area contributed by atoms with E-state index in [-0.39, 0.29) is 11.6 Å². The summed E-state index contributed by atoms with van der Waals surface area (Å²) in [7, 11) is 0. The Balaban J connectivity index is 1.62. The lowest BCUT2D eigenvalue weighted by Crippen LogP contribution is -2.41. The van der Waals surface area contributed by atoms with E-state index in [0.29, 0.717) is 37.2 Å². The summed E-state index contributed by atoms with van der Waals surface area (Å²) in [6, 6.07) is 4.94. The van der Waals surface area contributed by atoms with E-state index >= 15 is 0 Å². The lowest BCUT2D eigenvalue weighted by molar-refractivity contribution is -0.137. The highest BCUT2D eigenvalue weighted by Gasteiger charge is 2.30. The van der Waals surface area contributed by atoms with Gasteiger partial charge < -0.3 is 15.0 Å². The zero-order valence-corrected chi connectivity index (χ0v) is 12.9. The van der Waals surface area contributed by atoms with Gasteiger partial charge in [-0.15, -0.1) is 0 Å². The van der Waals surface area contributed by atoms with Crippen molar-refractivity contribution in [3.8, 4) is 0 Å². The second-order valence-electron chi connectivity index (χ2n) is 5.69. The van der Waals surface area contributed by atoms with Crippen molar-refractivity contribution in [2.75, 3.05) is 39.4 Å². The zero-order valence-electron chi connectivity index (χ0n) is 12.9. The van der Waals surface area contributed by atoms with Gasteiger partial charge in [-0.2, -0.15) is 13.2 Å². The molecule has 24 heavy (non-hydrogen) atoms. The Morgan fingerprint density at radius 2 is 2.00 bits per heavy atom. The minimum atomic E-state index is -4.40. The van der Waals surface area contributed by atoms with Gasteiger partial charge in [0.2, 0.25) is 0 Å². The number of aromatic nitrogens is 1. The van der Waals surface area contributed by atoms with Crippen LogP contribution in [0.15, 0.2) is 24.3 Å². The third-order valence-corrected chi connectivity index (χ3v) is 4.01. The molecule has 0 atom stereocenters. The number of aromatic amines is 1. The maximum absolute atomic E-state index is 12.7. The molecule has 1 saturated heterocycles. The standard InChI is InChI=1S/C16H18F3N3O2/c17-16(18,19)12-2-1-11-9-14(21-13(11)10-12)15(23)20-3-4-22-5-7-24-8-6-22/h1-2,9-10,21H,3-8H2,(H,20,23). The molecule has 0 unspecified atom stereocenters. The fraction of sp³-hybridized carbons (Fsp3) is 0.438. The highest BCUT2D eigenvalue weighted by atomic mass is 19.4. The molecular formula is C16H18F3N3O2. The van der Waals surface area contributed by atoms with Gasteiger partial charge >= 0.3 is 6.18 Å². The number of nitrogens with zero attached hydrogens (tertiary/aromatic N) is 1. The molecule has 0 radical (unpaired) electrons. The minimum Gasteiger partial charge on any atom is -0.379 e. The highest BCUT2D eigenvalue weighted by Crippen LogP contribution is 2.31. The van der Waals surface area contributed by atoms with E-state index in [1.54, 1.807) is 6.07 Å². The van der Waals surface area contributed by atoms with Crippen LogP contribution in [-0.4, -0.2) is 55.2 Å². The average Bonchev–Trinajstić information content (AvgIpc) is 2.98. The monoisotopic (exact) mass is 341 g/mol. The van der Waals surface area contributed by atoms with Crippen LogP contribution >= 0.6 is 0 Å². The topological polar surface area (TPSA) is 57.4 Å². The van der Waals surface area contributed by atoms with E-state index in [1.807, 2.05) is 0 Å². The Kier molecular flexibility index (Phi) is 4.77. The van der Waals surface area contributed by atoms with Crippen LogP contribution in [0.4, 0.5) is 13.2 Å². The number of amides is 1. The summed E-state index contributed by atoms with van der Waals surface area (Å²) in [6.45, 7) is 4.25. The van der Waals surface area contributed by atoms with Gasteiger partial charge in [0.1, 0.15) is 5.69 Å². The Morgan fingerprint density at radius 3 is 2.71 bits per heavy atom. The third kappa shape index (κ3) is 3.88. The number of carbonyl (C=O) groups excluding carboxylic acids is 1. The van der Waals surface area contributed by atoms with Crippen LogP contribution in [-0.2, 0) is 10.9 Å². The first-order chi connectivity index (χ1) is 11.4. The van der Waals surface area contributed by atoms with Crippen molar-refractivity contribution in [2.45, 2.75) is 6.18 Å². The number of fused-ring (bicyclic) bond motifs is 1. The molecule has 1 aromatic heterocycles. The third-order valence-electron chi connectivity index (χ3n) is 4.01. The van der Waals surface area contributed by atoms with Crippen LogP contribution in [0.3, 0.4) is 0 Å². The summed E-state index contributed by atoms with van der Waals surface area (Å²) in [4.78, 5) is 17.1. The van der Waals surface area contributed by atoms with Gasteiger partial charge in [0, 0.05) is 37.1 Å². The van der Waals surface area contributed by atoms with Crippen molar-refractivity contribution in [2.24, 2.45) is 0 Å². The highest BCUT2D eigenvalue weighted by molar-refractivity contribution is 5.98. The predicted octanol–water partition coefficient (Wildman–Crippen LogP) is 2.25. The fourth-order valence-electron chi connectivity index (χ4n) is 2.67. The van der Waals surface area contributed by atoms with E-state index < -0.39 is 11.7 Å². The lowest BCUT2D eigenvalue weighted by Gasteiger charge is -2.26.